The molecule has 0 spiro atoms. The fraction of sp³-hybridized carbons (Fsp3) is 0.333. The van der Waals surface area contributed by atoms with Crippen LogP contribution in [0.4, 0.5) is 0 Å². The number of amides is 1. The second-order valence-electron chi connectivity index (χ2n) is 6.17. The number of hydrogen-bond donors (Lipinski definition) is 2. The van der Waals surface area contributed by atoms with Crippen LogP contribution in [0.2, 0.25) is 0 Å². The van der Waals surface area contributed by atoms with Crippen molar-refractivity contribution in [2.45, 2.75) is 31.6 Å². The predicted molar refractivity (Wildman–Crippen MR) is 84.6 cm³/mol. The summed E-state index contributed by atoms with van der Waals surface area (Å²) in [5.41, 5.74) is 3.60. The highest BCUT2D eigenvalue weighted by molar-refractivity contribution is 5.92. The standard InChI is InChI=1S/C18H19N3O/c1-18(8-4-6-14-5-2-3-7-15(14)18)12-21-17(22)16-9-13(10-19)11-20-16/h2-3,5,7,9,11,20H,4,6,8,12H2,1H3,(H,21,22). The summed E-state index contributed by atoms with van der Waals surface area (Å²) < 4.78 is 0. The third-order valence-corrected chi connectivity index (χ3v) is 4.54. The van der Waals surface area contributed by atoms with Crippen molar-refractivity contribution in [1.82, 2.24) is 10.3 Å². The molecule has 1 amide bonds. The number of hydrogen-bond acceptors (Lipinski definition) is 2. The number of rotatable bonds is 3. The van der Waals surface area contributed by atoms with Gasteiger partial charge in [-0.25, -0.2) is 0 Å². The maximum Gasteiger partial charge on any atom is 0.267 e. The Kier molecular flexibility index (Phi) is 3.72. The molecule has 1 atom stereocenters. The van der Waals surface area contributed by atoms with Crippen molar-refractivity contribution in [2.75, 3.05) is 6.54 Å². The summed E-state index contributed by atoms with van der Waals surface area (Å²) in [5.74, 6) is -0.161. The van der Waals surface area contributed by atoms with Crippen LogP contribution in [0.15, 0.2) is 36.5 Å². The summed E-state index contributed by atoms with van der Waals surface area (Å²) in [4.78, 5) is 15.1. The van der Waals surface area contributed by atoms with E-state index in [0.29, 0.717) is 17.8 Å². The van der Waals surface area contributed by atoms with Crippen LogP contribution in [-0.2, 0) is 11.8 Å². The summed E-state index contributed by atoms with van der Waals surface area (Å²) >= 11 is 0. The fourth-order valence-electron chi connectivity index (χ4n) is 3.27. The first-order valence-corrected chi connectivity index (χ1v) is 7.57. The van der Waals surface area contributed by atoms with Crippen LogP contribution in [0.5, 0.6) is 0 Å². The van der Waals surface area contributed by atoms with Gasteiger partial charge < -0.3 is 10.3 Å². The Labute approximate surface area is 130 Å². The van der Waals surface area contributed by atoms with Crippen molar-refractivity contribution >= 4 is 5.91 Å². The number of fused-ring (bicyclic) bond motifs is 1. The van der Waals surface area contributed by atoms with Crippen molar-refractivity contribution < 1.29 is 4.79 Å². The average Bonchev–Trinajstić information content (AvgIpc) is 3.02. The van der Waals surface area contributed by atoms with Gasteiger partial charge in [0.1, 0.15) is 11.8 Å². The summed E-state index contributed by atoms with van der Waals surface area (Å²) in [6.45, 7) is 2.81. The van der Waals surface area contributed by atoms with E-state index in [2.05, 4.69) is 41.5 Å². The van der Waals surface area contributed by atoms with Gasteiger partial charge in [-0.15, -0.1) is 0 Å². The smallest absolute Gasteiger partial charge is 0.267 e. The van der Waals surface area contributed by atoms with Crippen LogP contribution in [0.3, 0.4) is 0 Å². The lowest BCUT2D eigenvalue weighted by Gasteiger charge is -2.36. The lowest BCUT2D eigenvalue weighted by Crippen LogP contribution is -2.41. The van der Waals surface area contributed by atoms with Crippen LogP contribution in [0.25, 0.3) is 0 Å². The van der Waals surface area contributed by atoms with Crippen molar-refractivity contribution in [3.8, 4) is 6.07 Å². The number of carbonyl (C=O) groups excluding carboxylic acids is 1. The lowest BCUT2D eigenvalue weighted by atomic mass is 9.71. The zero-order valence-electron chi connectivity index (χ0n) is 12.6. The Morgan fingerprint density at radius 1 is 1.45 bits per heavy atom. The Bertz CT molecular complexity index is 741. The normalized spacial score (nSPS) is 20.0. The zero-order valence-corrected chi connectivity index (χ0v) is 12.6. The number of aromatic amines is 1. The first-order chi connectivity index (χ1) is 10.6. The van der Waals surface area contributed by atoms with E-state index in [9.17, 15) is 4.79 Å². The molecule has 0 bridgehead atoms. The second kappa shape index (κ2) is 5.69. The molecule has 1 aliphatic rings. The largest absolute Gasteiger partial charge is 0.356 e. The fourth-order valence-corrected chi connectivity index (χ4v) is 3.27. The maximum atomic E-state index is 12.2. The predicted octanol–water partition coefficient (Wildman–Crippen LogP) is 2.91. The second-order valence-corrected chi connectivity index (χ2v) is 6.17. The Hall–Kier alpha value is -2.54. The van der Waals surface area contributed by atoms with Gasteiger partial charge in [-0.1, -0.05) is 31.2 Å². The molecule has 0 saturated carbocycles. The summed E-state index contributed by atoms with van der Waals surface area (Å²) in [7, 11) is 0. The highest BCUT2D eigenvalue weighted by atomic mass is 16.1. The molecule has 112 valence electrons. The zero-order chi connectivity index (χ0) is 15.6. The minimum Gasteiger partial charge on any atom is -0.356 e. The molecule has 0 radical (unpaired) electrons. The molecule has 1 heterocycles. The number of carbonyl (C=O) groups is 1. The number of H-pyrrole nitrogens is 1. The van der Waals surface area contributed by atoms with E-state index in [-0.39, 0.29) is 11.3 Å². The number of nitrogens with one attached hydrogen (secondary N) is 2. The van der Waals surface area contributed by atoms with Gasteiger partial charge >= 0.3 is 0 Å². The Morgan fingerprint density at radius 2 is 2.27 bits per heavy atom. The minimum atomic E-state index is -0.161. The van der Waals surface area contributed by atoms with E-state index in [1.165, 1.54) is 11.1 Å². The summed E-state index contributed by atoms with van der Waals surface area (Å²) in [5, 5.41) is 11.8. The van der Waals surface area contributed by atoms with Gasteiger partial charge in [0.2, 0.25) is 0 Å². The molecular weight excluding hydrogens is 274 g/mol. The average molecular weight is 293 g/mol. The molecule has 4 heteroatoms. The first kappa shape index (κ1) is 14.4. The third-order valence-electron chi connectivity index (χ3n) is 4.54. The van der Waals surface area contributed by atoms with Gasteiger partial charge in [0.25, 0.3) is 5.91 Å². The van der Waals surface area contributed by atoms with Crippen LogP contribution in [0, 0.1) is 11.3 Å². The van der Waals surface area contributed by atoms with Gasteiger partial charge in [-0.2, -0.15) is 5.26 Å². The van der Waals surface area contributed by atoms with Crippen molar-refractivity contribution in [1.29, 1.82) is 5.26 Å². The molecule has 2 aromatic rings. The number of nitrogens with zero attached hydrogens (tertiary/aromatic N) is 1. The molecule has 1 unspecified atom stereocenters. The lowest BCUT2D eigenvalue weighted by molar-refractivity contribution is 0.0938. The van der Waals surface area contributed by atoms with Crippen molar-refractivity contribution in [2.24, 2.45) is 0 Å². The molecule has 3 rings (SSSR count). The van der Waals surface area contributed by atoms with Crippen LogP contribution >= 0.6 is 0 Å². The van der Waals surface area contributed by atoms with Crippen LogP contribution in [0.1, 0.15) is 46.9 Å². The van der Waals surface area contributed by atoms with E-state index in [4.69, 9.17) is 5.26 Å². The van der Waals surface area contributed by atoms with Crippen LogP contribution < -0.4 is 5.32 Å². The summed E-state index contributed by atoms with van der Waals surface area (Å²) in [6, 6.07) is 12.1. The number of aryl methyl sites for hydroxylation is 1. The maximum absolute atomic E-state index is 12.2. The SMILES string of the molecule is CC1(CNC(=O)c2cc(C#N)c[nH]2)CCCc2ccccc21. The van der Waals surface area contributed by atoms with E-state index in [1.807, 2.05) is 6.07 Å². The Morgan fingerprint density at radius 3 is 3.05 bits per heavy atom. The molecule has 0 aliphatic heterocycles. The van der Waals surface area contributed by atoms with Gasteiger partial charge in [0, 0.05) is 18.2 Å². The molecule has 1 aromatic carbocycles. The van der Waals surface area contributed by atoms with E-state index in [0.717, 1.165) is 19.3 Å². The molecule has 2 N–H and O–H groups in total. The van der Waals surface area contributed by atoms with E-state index in [1.54, 1.807) is 12.3 Å². The van der Waals surface area contributed by atoms with E-state index >= 15 is 0 Å². The number of benzene rings is 1. The van der Waals surface area contributed by atoms with Crippen LogP contribution in [-0.4, -0.2) is 17.4 Å². The first-order valence-electron chi connectivity index (χ1n) is 7.57. The molecule has 22 heavy (non-hydrogen) atoms. The topological polar surface area (TPSA) is 68.7 Å². The van der Waals surface area contributed by atoms with Gasteiger partial charge in [-0.05, 0) is 36.5 Å². The number of nitriles is 1. The molecule has 1 aliphatic carbocycles. The van der Waals surface area contributed by atoms with Crippen molar-refractivity contribution in [3.05, 3.63) is 58.9 Å². The Balaban J connectivity index is 1.74. The molecule has 0 fully saturated rings. The van der Waals surface area contributed by atoms with E-state index < -0.39 is 0 Å². The van der Waals surface area contributed by atoms with Gasteiger partial charge in [0.15, 0.2) is 0 Å². The highest BCUT2D eigenvalue weighted by Crippen LogP contribution is 2.36. The number of aromatic nitrogens is 1. The quantitative estimate of drug-likeness (QED) is 0.913. The molecular formula is C18H19N3O. The summed E-state index contributed by atoms with van der Waals surface area (Å²) in [6.07, 6.45) is 4.87. The van der Waals surface area contributed by atoms with Gasteiger partial charge in [0.05, 0.1) is 5.56 Å². The highest BCUT2D eigenvalue weighted by Gasteiger charge is 2.32. The van der Waals surface area contributed by atoms with Gasteiger partial charge in [-0.3, -0.25) is 4.79 Å². The molecule has 1 aromatic heterocycles. The molecule has 0 saturated heterocycles. The third kappa shape index (κ3) is 2.62. The monoisotopic (exact) mass is 293 g/mol. The van der Waals surface area contributed by atoms with Crippen molar-refractivity contribution in [3.63, 3.8) is 0 Å². The minimum absolute atomic E-state index is 0.0326. The molecule has 4 nitrogen and oxygen atoms in total.